The van der Waals surface area contributed by atoms with Crippen LogP contribution in [0.25, 0.3) is 0 Å². The molecule has 1 aromatic heterocycles. The Kier molecular flexibility index (Phi) is 4.48. The molecule has 1 atom stereocenters. The van der Waals surface area contributed by atoms with E-state index in [1.165, 1.54) is 11.1 Å². The van der Waals surface area contributed by atoms with E-state index in [0.717, 1.165) is 17.5 Å². The zero-order valence-corrected chi connectivity index (χ0v) is 15.3. The van der Waals surface area contributed by atoms with Crippen LogP contribution in [0.15, 0.2) is 67.0 Å². The van der Waals surface area contributed by atoms with E-state index in [1.807, 2.05) is 35.4 Å². The molecule has 0 fully saturated rings. The average molecular weight is 363 g/mol. The second-order valence-corrected chi connectivity index (χ2v) is 7.03. The number of halogens is 1. The van der Waals surface area contributed by atoms with E-state index in [1.54, 1.807) is 18.3 Å². The van der Waals surface area contributed by atoms with Crippen molar-refractivity contribution in [2.75, 3.05) is 6.54 Å². The summed E-state index contributed by atoms with van der Waals surface area (Å²) in [4.78, 5) is 19.5. The summed E-state index contributed by atoms with van der Waals surface area (Å²) in [7, 11) is 0. The largest absolute Gasteiger partial charge is 0.327 e. The number of hydrogen-bond acceptors (Lipinski definition) is 2. The summed E-state index contributed by atoms with van der Waals surface area (Å²) >= 11 is 6.29. The number of carbonyl (C=O) groups is 1. The van der Waals surface area contributed by atoms with Crippen LogP contribution in [0.1, 0.15) is 38.7 Å². The Morgan fingerprint density at radius 1 is 1.15 bits per heavy atom. The smallest absolute Gasteiger partial charge is 0.256 e. The van der Waals surface area contributed by atoms with Crippen molar-refractivity contribution in [3.63, 3.8) is 0 Å². The van der Waals surface area contributed by atoms with Crippen molar-refractivity contribution < 1.29 is 4.79 Å². The van der Waals surface area contributed by atoms with Crippen LogP contribution in [0.4, 0.5) is 0 Å². The fourth-order valence-electron chi connectivity index (χ4n) is 3.66. The molecule has 1 aliphatic heterocycles. The SMILES string of the molecule is Cc1ccc2c(c1)CCN(C(=O)c1ccccc1Cl)C2c1cccnc1. The van der Waals surface area contributed by atoms with Crippen molar-refractivity contribution in [3.8, 4) is 0 Å². The molecule has 0 saturated heterocycles. The van der Waals surface area contributed by atoms with E-state index in [4.69, 9.17) is 11.6 Å². The lowest BCUT2D eigenvalue weighted by Gasteiger charge is -2.38. The van der Waals surface area contributed by atoms with Gasteiger partial charge in [0, 0.05) is 18.9 Å². The van der Waals surface area contributed by atoms with Crippen LogP contribution in [0.3, 0.4) is 0 Å². The highest BCUT2D eigenvalue weighted by molar-refractivity contribution is 6.33. The number of benzene rings is 2. The molecule has 0 saturated carbocycles. The van der Waals surface area contributed by atoms with Gasteiger partial charge in [-0.1, -0.05) is 53.6 Å². The third kappa shape index (κ3) is 2.99. The van der Waals surface area contributed by atoms with Crippen molar-refractivity contribution in [1.82, 2.24) is 9.88 Å². The molecule has 3 nitrogen and oxygen atoms in total. The summed E-state index contributed by atoms with van der Waals surface area (Å²) in [5.41, 5.74) is 5.24. The quantitative estimate of drug-likeness (QED) is 0.654. The molecule has 4 heteroatoms. The van der Waals surface area contributed by atoms with Crippen LogP contribution in [0.2, 0.25) is 5.02 Å². The highest BCUT2D eigenvalue weighted by Crippen LogP contribution is 2.36. The van der Waals surface area contributed by atoms with Gasteiger partial charge in [-0.05, 0) is 48.2 Å². The number of aromatic nitrogens is 1. The Bertz CT molecular complexity index is 955. The predicted octanol–water partition coefficient (Wildman–Crippen LogP) is 4.83. The lowest BCUT2D eigenvalue weighted by atomic mass is 9.87. The van der Waals surface area contributed by atoms with Gasteiger partial charge < -0.3 is 4.90 Å². The van der Waals surface area contributed by atoms with Crippen molar-refractivity contribution >= 4 is 17.5 Å². The highest BCUT2D eigenvalue weighted by atomic mass is 35.5. The van der Waals surface area contributed by atoms with Crippen LogP contribution in [-0.2, 0) is 6.42 Å². The molecule has 1 amide bonds. The molecule has 130 valence electrons. The minimum absolute atomic E-state index is 0.0457. The molecule has 4 rings (SSSR count). The van der Waals surface area contributed by atoms with Gasteiger partial charge in [0.1, 0.15) is 0 Å². The van der Waals surface area contributed by atoms with Crippen molar-refractivity contribution in [2.24, 2.45) is 0 Å². The predicted molar refractivity (Wildman–Crippen MR) is 103 cm³/mol. The number of rotatable bonds is 2. The maximum atomic E-state index is 13.3. The summed E-state index contributed by atoms with van der Waals surface area (Å²) in [5.74, 6) is -0.0457. The molecule has 3 aromatic rings. The zero-order valence-electron chi connectivity index (χ0n) is 14.5. The number of carbonyl (C=O) groups excluding carboxylic acids is 1. The van der Waals surface area contributed by atoms with Gasteiger partial charge in [-0.3, -0.25) is 9.78 Å². The first-order valence-corrected chi connectivity index (χ1v) is 9.08. The van der Waals surface area contributed by atoms with Gasteiger partial charge in [0.05, 0.1) is 16.6 Å². The van der Waals surface area contributed by atoms with E-state index in [9.17, 15) is 4.79 Å². The highest BCUT2D eigenvalue weighted by Gasteiger charge is 2.33. The number of pyridine rings is 1. The molecule has 1 aliphatic rings. The van der Waals surface area contributed by atoms with Gasteiger partial charge >= 0.3 is 0 Å². The summed E-state index contributed by atoms with van der Waals surface area (Å²) in [6.07, 6.45) is 4.43. The first-order valence-electron chi connectivity index (χ1n) is 8.70. The Morgan fingerprint density at radius 2 is 2.00 bits per heavy atom. The summed E-state index contributed by atoms with van der Waals surface area (Å²) in [6.45, 7) is 2.75. The summed E-state index contributed by atoms with van der Waals surface area (Å²) in [6, 6.07) is 17.5. The second-order valence-electron chi connectivity index (χ2n) is 6.62. The van der Waals surface area contributed by atoms with Crippen molar-refractivity contribution in [2.45, 2.75) is 19.4 Å². The fourth-order valence-corrected chi connectivity index (χ4v) is 3.88. The first-order chi connectivity index (χ1) is 12.6. The number of fused-ring (bicyclic) bond motifs is 1. The van der Waals surface area contributed by atoms with Crippen molar-refractivity contribution in [1.29, 1.82) is 0 Å². The average Bonchev–Trinajstić information content (AvgIpc) is 2.67. The molecule has 0 spiro atoms. The summed E-state index contributed by atoms with van der Waals surface area (Å²) in [5, 5.41) is 0.483. The monoisotopic (exact) mass is 362 g/mol. The lowest BCUT2D eigenvalue weighted by Crippen LogP contribution is -2.40. The van der Waals surface area contributed by atoms with Crippen LogP contribution >= 0.6 is 11.6 Å². The molecular weight excluding hydrogens is 344 g/mol. The van der Waals surface area contributed by atoms with Gasteiger partial charge in [0.25, 0.3) is 5.91 Å². The molecule has 1 unspecified atom stereocenters. The standard InChI is InChI=1S/C22H19ClN2O/c1-15-8-9-18-16(13-15)10-12-25(21(18)17-5-4-11-24-14-17)22(26)19-6-2-3-7-20(19)23/h2-9,11,13-14,21H,10,12H2,1H3. The molecular formula is C22H19ClN2O. The van der Waals surface area contributed by atoms with Gasteiger partial charge in [-0.2, -0.15) is 0 Å². The number of amides is 1. The Balaban J connectivity index is 1.82. The van der Waals surface area contributed by atoms with Crippen LogP contribution in [0, 0.1) is 6.92 Å². The first kappa shape index (κ1) is 16.8. The Hall–Kier alpha value is -2.65. The van der Waals surface area contributed by atoms with Crippen LogP contribution < -0.4 is 0 Å². The summed E-state index contributed by atoms with van der Waals surface area (Å²) < 4.78 is 0. The number of hydrogen-bond donors (Lipinski definition) is 0. The van der Waals surface area contributed by atoms with Gasteiger partial charge in [-0.25, -0.2) is 0 Å². The molecule has 0 bridgehead atoms. The molecule has 0 radical (unpaired) electrons. The number of nitrogens with zero attached hydrogens (tertiary/aromatic N) is 2. The molecule has 2 aromatic carbocycles. The minimum atomic E-state index is -0.156. The fraction of sp³-hybridized carbons (Fsp3) is 0.182. The van der Waals surface area contributed by atoms with Crippen LogP contribution in [-0.4, -0.2) is 22.3 Å². The van der Waals surface area contributed by atoms with E-state index >= 15 is 0 Å². The van der Waals surface area contributed by atoms with E-state index in [0.29, 0.717) is 17.1 Å². The maximum Gasteiger partial charge on any atom is 0.256 e. The minimum Gasteiger partial charge on any atom is -0.327 e. The zero-order chi connectivity index (χ0) is 18.1. The third-order valence-electron chi connectivity index (χ3n) is 4.89. The molecule has 0 N–H and O–H groups in total. The van der Waals surface area contributed by atoms with E-state index in [2.05, 4.69) is 30.1 Å². The van der Waals surface area contributed by atoms with E-state index in [-0.39, 0.29) is 11.9 Å². The third-order valence-corrected chi connectivity index (χ3v) is 5.22. The van der Waals surface area contributed by atoms with Crippen LogP contribution in [0.5, 0.6) is 0 Å². The molecule has 26 heavy (non-hydrogen) atoms. The second kappa shape index (κ2) is 6.93. The van der Waals surface area contributed by atoms with Gasteiger partial charge in [0.15, 0.2) is 0 Å². The topological polar surface area (TPSA) is 33.2 Å². The molecule has 0 aliphatic carbocycles. The van der Waals surface area contributed by atoms with Gasteiger partial charge in [-0.15, -0.1) is 0 Å². The Morgan fingerprint density at radius 3 is 2.77 bits per heavy atom. The van der Waals surface area contributed by atoms with Gasteiger partial charge in [0.2, 0.25) is 0 Å². The van der Waals surface area contributed by atoms with E-state index < -0.39 is 0 Å². The Labute approximate surface area is 158 Å². The van der Waals surface area contributed by atoms with Crippen molar-refractivity contribution in [3.05, 3.63) is 99.8 Å². The maximum absolute atomic E-state index is 13.3. The number of aryl methyl sites for hydroxylation is 1. The lowest BCUT2D eigenvalue weighted by molar-refractivity contribution is 0.0694. The normalized spacial score (nSPS) is 16.2. The molecule has 2 heterocycles.